The van der Waals surface area contributed by atoms with Crippen LogP contribution in [0.2, 0.25) is 0 Å². The third kappa shape index (κ3) is 4.51. The Kier molecular flexibility index (Phi) is 5.91. The van der Waals surface area contributed by atoms with Crippen LogP contribution in [-0.4, -0.2) is 67.6 Å². The SMILES string of the molecule is COc1ccc(CC(=O)N2CCCN(C(=O)C3CCCO3)CC2)cc1. The summed E-state index contributed by atoms with van der Waals surface area (Å²) in [6.07, 6.45) is 2.68. The molecule has 2 aliphatic rings. The molecule has 0 spiro atoms. The Hall–Kier alpha value is -2.08. The zero-order valence-corrected chi connectivity index (χ0v) is 14.8. The first-order valence-electron chi connectivity index (χ1n) is 8.98. The number of amides is 2. The van der Waals surface area contributed by atoms with Gasteiger partial charge in [-0.3, -0.25) is 9.59 Å². The van der Waals surface area contributed by atoms with Gasteiger partial charge in [-0.1, -0.05) is 12.1 Å². The smallest absolute Gasteiger partial charge is 0.251 e. The molecule has 2 aliphatic heterocycles. The van der Waals surface area contributed by atoms with Crippen molar-refractivity contribution in [1.29, 1.82) is 0 Å². The molecule has 1 atom stereocenters. The topological polar surface area (TPSA) is 59.1 Å². The molecule has 2 amide bonds. The van der Waals surface area contributed by atoms with Crippen LogP contribution >= 0.6 is 0 Å². The maximum atomic E-state index is 12.6. The summed E-state index contributed by atoms with van der Waals surface area (Å²) in [5.74, 6) is 0.979. The number of methoxy groups -OCH3 is 1. The van der Waals surface area contributed by atoms with Crippen molar-refractivity contribution in [3.8, 4) is 5.75 Å². The molecule has 25 heavy (non-hydrogen) atoms. The van der Waals surface area contributed by atoms with Crippen molar-refractivity contribution in [3.05, 3.63) is 29.8 Å². The zero-order valence-electron chi connectivity index (χ0n) is 14.8. The maximum absolute atomic E-state index is 12.6. The second-order valence-corrected chi connectivity index (χ2v) is 6.59. The molecule has 0 aliphatic carbocycles. The maximum Gasteiger partial charge on any atom is 0.251 e. The predicted octanol–water partition coefficient (Wildman–Crippen LogP) is 1.48. The number of benzene rings is 1. The number of rotatable bonds is 4. The van der Waals surface area contributed by atoms with E-state index >= 15 is 0 Å². The van der Waals surface area contributed by atoms with E-state index in [1.54, 1.807) is 7.11 Å². The van der Waals surface area contributed by atoms with Gasteiger partial charge in [0.15, 0.2) is 0 Å². The van der Waals surface area contributed by atoms with Crippen molar-refractivity contribution in [1.82, 2.24) is 9.80 Å². The van der Waals surface area contributed by atoms with Gasteiger partial charge in [0, 0.05) is 32.8 Å². The van der Waals surface area contributed by atoms with E-state index in [-0.39, 0.29) is 17.9 Å². The van der Waals surface area contributed by atoms with E-state index < -0.39 is 0 Å². The van der Waals surface area contributed by atoms with Gasteiger partial charge in [-0.15, -0.1) is 0 Å². The van der Waals surface area contributed by atoms with Crippen LogP contribution in [0.1, 0.15) is 24.8 Å². The van der Waals surface area contributed by atoms with Crippen LogP contribution in [0.4, 0.5) is 0 Å². The molecule has 136 valence electrons. The Morgan fingerprint density at radius 3 is 2.48 bits per heavy atom. The van der Waals surface area contributed by atoms with Gasteiger partial charge in [0.1, 0.15) is 11.9 Å². The second-order valence-electron chi connectivity index (χ2n) is 6.59. The molecule has 1 aromatic carbocycles. The minimum absolute atomic E-state index is 0.0851. The van der Waals surface area contributed by atoms with Gasteiger partial charge >= 0.3 is 0 Å². The first kappa shape index (κ1) is 17.7. The Morgan fingerprint density at radius 1 is 1.08 bits per heavy atom. The summed E-state index contributed by atoms with van der Waals surface area (Å²) >= 11 is 0. The molecule has 0 saturated carbocycles. The Labute approximate surface area is 148 Å². The molecule has 2 saturated heterocycles. The second kappa shape index (κ2) is 8.34. The molecule has 0 bridgehead atoms. The van der Waals surface area contributed by atoms with Crippen LogP contribution < -0.4 is 4.74 Å². The van der Waals surface area contributed by atoms with Gasteiger partial charge in [0.05, 0.1) is 13.5 Å². The number of carbonyl (C=O) groups excluding carboxylic acids is 2. The number of nitrogens with zero attached hydrogens (tertiary/aromatic N) is 2. The van der Waals surface area contributed by atoms with E-state index in [1.807, 2.05) is 34.1 Å². The van der Waals surface area contributed by atoms with Gasteiger partial charge in [0.2, 0.25) is 5.91 Å². The molecule has 1 aromatic rings. The van der Waals surface area contributed by atoms with Crippen LogP contribution in [0.25, 0.3) is 0 Å². The number of ether oxygens (including phenoxy) is 2. The highest BCUT2D eigenvalue weighted by molar-refractivity contribution is 5.82. The molecule has 0 aromatic heterocycles. The van der Waals surface area contributed by atoms with E-state index in [2.05, 4.69) is 0 Å². The van der Waals surface area contributed by atoms with Crippen LogP contribution in [0, 0.1) is 0 Å². The summed E-state index contributed by atoms with van der Waals surface area (Å²) in [5, 5.41) is 0. The summed E-state index contributed by atoms with van der Waals surface area (Å²) in [6, 6.07) is 7.57. The lowest BCUT2D eigenvalue weighted by atomic mass is 10.1. The highest BCUT2D eigenvalue weighted by Gasteiger charge is 2.30. The zero-order chi connectivity index (χ0) is 17.6. The first-order valence-corrected chi connectivity index (χ1v) is 8.98. The van der Waals surface area contributed by atoms with Gasteiger partial charge in [-0.2, -0.15) is 0 Å². The number of hydrogen-bond acceptors (Lipinski definition) is 4. The fourth-order valence-corrected chi connectivity index (χ4v) is 3.39. The lowest BCUT2D eigenvalue weighted by Gasteiger charge is -2.24. The third-order valence-corrected chi connectivity index (χ3v) is 4.88. The van der Waals surface area contributed by atoms with Crippen molar-refractivity contribution < 1.29 is 19.1 Å². The summed E-state index contributed by atoms with van der Waals surface area (Å²) < 4.78 is 10.6. The molecule has 3 rings (SSSR count). The largest absolute Gasteiger partial charge is 0.497 e. The Balaban J connectivity index is 1.52. The predicted molar refractivity (Wildman–Crippen MR) is 93.4 cm³/mol. The van der Waals surface area contributed by atoms with Gasteiger partial charge in [-0.05, 0) is 37.0 Å². The molecule has 0 radical (unpaired) electrons. The van der Waals surface area contributed by atoms with E-state index in [4.69, 9.17) is 9.47 Å². The Bertz CT molecular complexity index is 596. The highest BCUT2D eigenvalue weighted by atomic mass is 16.5. The minimum atomic E-state index is -0.276. The molecule has 2 fully saturated rings. The number of carbonyl (C=O) groups is 2. The van der Waals surface area contributed by atoms with Crippen molar-refractivity contribution in [2.75, 3.05) is 39.9 Å². The van der Waals surface area contributed by atoms with Crippen LogP contribution in [-0.2, 0) is 20.7 Å². The summed E-state index contributed by atoms with van der Waals surface area (Å²) in [5.41, 5.74) is 0.974. The van der Waals surface area contributed by atoms with Crippen molar-refractivity contribution >= 4 is 11.8 Å². The normalized spacial score (nSPS) is 21.1. The van der Waals surface area contributed by atoms with E-state index in [0.717, 1.165) is 30.6 Å². The summed E-state index contributed by atoms with van der Waals surface area (Å²) in [4.78, 5) is 28.8. The lowest BCUT2D eigenvalue weighted by Crippen LogP contribution is -2.42. The van der Waals surface area contributed by atoms with Crippen LogP contribution in [0.15, 0.2) is 24.3 Å². The molecule has 6 nitrogen and oxygen atoms in total. The standard InChI is InChI=1S/C19H26N2O4/c1-24-16-7-5-15(6-8-16)14-18(22)20-9-3-10-21(12-11-20)19(23)17-4-2-13-25-17/h5-8,17H,2-4,9-14H2,1H3. The third-order valence-electron chi connectivity index (χ3n) is 4.88. The molecule has 2 heterocycles. The minimum Gasteiger partial charge on any atom is -0.497 e. The molecule has 1 unspecified atom stereocenters. The molecular weight excluding hydrogens is 320 g/mol. The fourth-order valence-electron chi connectivity index (χ4n) is 3.39. The summed E-state index contributed by atoms with van der Waals surface area (Å²) in [6.45, 7) is 3.26. The quantitative estimate of drug-likeness (QED) is 0.829. The fraction of sp³-hybridized carbons (Fsp3) is 0.579. The molecule has 6 heteroatoms. The lowest BCUT2D eigenvalue weighted by molar-refractivity contribution is -0.141. The van der Waals surface area contributed by atoms with E-state index in [0.29, 0.717) is 39.2 Å². The van der Waals surface area contributed by atoms with Gasteiger partial charge in [-0.25, -0.2) is 0 Å². The van der Waals surface area contributed by atoms with Crippen molar-refractivity contribution in [2.24, 2.45) is 0 Å². The molecular formula is C19H26N2O4. The van der Waals surface area contributed by atoms with E-state index in [1.165, 1.54) is 0 Å². The first-order chi connectivity index (χ1) is 12.2. The summed E-state index contributed by atoms with van der Waals surface area (Å²) in [7, 11) is 1.63. The monoisotopic (exact) mass is 346 g/mol. The average Bonchev–Trinajstić information content (AvgIpc) is 3.06. The van der Waals surface area contributed by atoms with Crippen molar-refractivity contribution in [2.45, 2.75) is 31.8 Å². The van der Waals surface area contributed by atoms with E-state index in [9.17, 15) is 9.59 Å². The average molecular weight is 346 g/mol. The number of hydrogen-bond donors (Lipinski definition) is 0. The van der Waals surface area contributed by atoms with Gasteiger partial charge < -0.3 is 19.3 Å². The van der Waals surface area contributed by atoms with Crippen molar-refractivity contribution in [3.63, 3.8) is 0 Å². The highest BCUT2D eigenvalue weighted by Crippen LogP contribution is 2.17. The van der Waals surface area contributed by atoms with Crippen LogP contribution in [0.5, 0.6) is 5.75 Å². The molecule has 0 N–H and O–H groups in total. The van der Waals surface area contributed by atoms with Crippen LogP contribution in [0.3, 0.4) is 0 Å². The Morgan fingerprint density at radius 2 is 1.80 bits per heavy atom. The van der Waals surface area contributed by atoms with Gasteiger partial charge in [0.25, 0.3) is 5.91 Å².